The maximum atomic E-state index is 10.3. The largest absolute Gasteiger partial charge is 0.510 e. The molecule has 0 heterocycles. The van der Waals surface area contributed by atoms with E-state index in [4.69, 9.17) is 15.3 Å². The minimum atomic E-state index is -1.06. The highest BCUT2D eigenvalue weighted by Crippen LogP contribution is 2.16. The molecule has 3 N–H and O–H groups in total. The number of aliphatic hydroxyl groups is 2. The molecule has 4 nitrogen and oxygen atoms in total. The summed E-state index contributed by atoms with van der Waals surface area (Å²) in [4.78, 5) is 10.3. The molecule has 1 aliphatic carbocycles. The summed E-state index contributed by atoms with van der Waals surface area (Å²) in [5.74, 6) is -1.25. The molecular weight excluding hydrogens is 148 g/mol. The van der Waals surface area contributed by atoms with Gasteiger partial charge in [-0.15, -0.1) is 0 Å². The smallest absolute Gasteiger partial charge is 0.331 e. The fraction of sp³-hybridized carbons (Fsp3) is 0.286. The number of aliphatic carboxylic acids is 1. The maximum Gasteiger partial charge on any atom is 0.331 e. The Morgan fingerprint density at radius 2 is 2.18 bits per heavy atom. The minimum Gasteiger partial charge on any atom is -0.510 e. The fourth-order valence-electron chi connectivity index (χ4n) is 0.837. The summed E-state index contributed by atoms with van der Waals surface area (Å²) in [6, 6.07) is 0. The lowest BCUT2D eigenvalue weighted by molar-refractivity contribution is -0.133. The van der Waals surface area contributed by atoms with Crippen LogP contribution in [0, 0.1) is 0 Å². The first-order valence-electron chi connectivity index (χ1n) is 3.12. The van der Waals surface area contributed by atoms with Crippen molar-refractivity contribution in [3.8, 4) is 0 Å². The molecule has 0 aromatic rings. The van der Waals surface area contributed by atoms with E-state index in [0.29, 0.717) is 0 Å². The molecule has 0 amide bonds. The quantitative estimate of drug-likeness (QED) is 0.507. The van der Waals surface area contributed by atoms with Crippen LogP contribution in [0.3, 0.4) is 0 Å². The van der Waals surface area contributed by atoms with Crippen molar-refractivity contribution < 1.29 is 20.1 Å². The number of allylic oxidation sites excluding steroid dienone is 2. The SMILES string of the molecule is O=C(O)C1=CC=C(O)[C@H](O)C1. The molecule has 0 unspecified atom stereocenters. The van der Waals surface area contributed by atoms with Crippen LogP contribution in [-0.2, 0) is 4.79 Å². The molecule has 0 radical (unpaired) electrons. The molecule has 0 aliphatic heterocycles. The average Bonchev–Trinajstić information content (AvgIpc) is 1.94. The minimum absolute atomic E-state index is 0.0301. The second-order valence-electron chi connectivity index (χ2n) is 2.31. The zero-order valence-electron chi connectivity index (χ0n) is 5.69. The summed E-state index contributed by atoms with van der Waals surface area (Å²) in [7, 11) is 0. The van der Waals surface area contributed by atoms with E-state index in [0.717, 1.165) is 0 Å². The van der Waals surface area contributed by atoms with Crippen LogP contribution in [-0.4, -0.2) is 27.4 Å². The van der Waals surface area contributed by atoms with E-state index in [1.54, 1.807) is 0 Å². The molecule has 1 rings (SSSR count). The van der Waals surface area contributed by atoms with Gasteiger partial charge in [-0.25, -0.2) is 4.79 Å². The van der Waals surface area contributed by atoms with Gasteiger partial charge in [0.15, 0.2) is 0 Å². The third kappa shape index (κ3) is 1.59. The number of carboxylic acids is 1. The predicted molar refractivity (Wildman–Crippen MR) is 37.1 cm³/mol. The van der Waals surface area contributed by atoms with Crippen molar-refractivity contribution in [1.82, 2.24) is 0 Å². The maximum absolute atomic E-state index is 10.3. The van der Waals surface area contributed by atoms with Crippen molar-refractivity contribution in [1.29, 1.82) is 0 Å². The first kappa shape index (κ1) is 7.81. The molecule has 11 heavy (non-hydrogen) atoms. The van der Waals surface area contributed by atoms with Gasteiger partial charge in [0.05, 0.1) is 0 Å². The van der Waals surface area contributed by atoms with E-state index in [2.05, 4.69) is 0 Å². The number of hydrogen-bond acceptors (Lipinski definition) is 3. The van der Waals surface area contributed by atoms with Crippen molar-refractivity contribution >= 4 is 5.97 Å². The molecular formula is C7H8O4. The predicted octanol–water partition coefficient (Wildman–Crippen LogP) is 0.204. The highest BCUT2D eigenvalue weighted by atomic mass is 16.4. The summed E-state index contributed by atoms with van der Waals surface area (Å²) in [6.45, 7) is 0. The Balaban J connectivity index is 2.82. The van der Waals surface area contributed by atoms with Crippen LogP contribution < -0.4 is 0 Å². The van der Waals surface area contributed by atoms with E-state index >= 15 is 0 Å². The van der Waals surface area contributed by atoms with Crippen molar-refractivity contribution in [3.05, 3.63) is 23.5 Å². The molecule has 1 atom stereocenters. The highest BCUT2D eigenvalue weighted by Gasteiger charge is 2.19. The Kier molecular flexibility index (Phi) is 1.96. The first-order chi connectivity index (χ1) is 5.11. The average molecular weight is 156 g/mol. The number of aliphatic hydroxyl groups excluding tert-OH is 2. The molecule has 1 aliphatic rings. The van der Waals surface area contributed by atoms with Crippen LogP contribution in [0.1, 0.15) is 6.42 Å². The van der Waals surface area contributed by atoms with Crippen LogP contribution in [0.25, 0.3) is 0 Å². The monoisotopic (exact) mass is 156 g/mol. The van der Waals surface area contributed by atoms with Gasteiger partial charge in [0.2, 0.25) is 0 Å². The number of hydrogen-bond donors (Lipinski definition) is 3. The van der Waals surface area contributed by atoms with Gasteiger partial charge in [-0.1, -0.05) is 0 Å². The number of carbonyl (C=O) groups is 1. The van der Waals surface area contributed by atoms with Crippen molar-refractivity contribution in [3.63, 3.8) is 0 Å². The summed E-state index contributed by atoms with van der Waals surface area (Å²) >= 11 is 0. The third-order valence-electron chi connectivity index (χ3n) is 1.48. The topological polar surface area (TPSA) is 77.8 Å². The Bertz CT molecular complexity index is 239. The van der Waals surface area contributed by atoms with Crippen LogP contribution >= 0.6 is 0 Å². The van der Waals surface area contributed by atoms with Gasteiger partial charge in [-0.05, 0) is 12.2 Å². The van der Waals surface area contributed by atoms with Gasteiger partial charge < -0.3 is 15.3 Å². The molecule has 0 saturated carbocycles. The van der Waals surface area contributed by atoms with Crippen molar-refractivity contribution in [2.75, 3.05) is 0 Å². The Labute approximate surface area is 63.1 Å². The van der Waals surface area contributed by atoms with Gasteiger partial charge in [-0.3, -0.25) is 0 Å². The zero-order valence-corrected chi connectivity index (χ0v) is 5.69. The van der Waals surface area contributed by atoms with E-state index in [1.807, 2.05) is 0 Å². The molecule has 0 aromatic heterocycles. The van der Waals surface area contributed by atoms with Crippen molar-refractivity contribution in [2.45, 2.75) is 12.5 Å². The van der Waals surface area contributed by atoms with E-state index < -0.39 is 12.1 Å². The lowest BCUT2D eigenvalue weighted by Gasteiger charge is -2.13. The van der Waals surface area contributed by atoms with Gasteiger partial charge in [0.1, 0.15) is 11.9 Å². The normalized spacial score (nSPS) is 23.9. The van der Waals surface area contributed by atoms with Crippen LogP contribution in [0.15, 0.2) is 23.5 Å². The lowest BCUT2D eigenvalue weighted by atomic mass is 10.0. The Morgan fingerprint density at radius 1 is 1.55 bits per heavy atom. The van der Waals surface area contributed by atoms with Gasteiger partial charge in [-0.2, -0.15) is 0 Å². The summed E-state index contributed by atoms with van der Waals surface area (Å²) in [5.41, 5.74) is 0.107. The summed E-state index contributed by atoms with van der Waals surface area (Å²) in [5, 5.41) is 26.3. The van der Waals surface area contributed by atoms with Gasteiger partial charge in [0, 0.05) is 12.0 Å². The summed E-state index contributed by atoms with van der Waals surface area (Å²) in [6.07, 6.45) is 1.38. The van der Waals surface area contributed by atoms with Crippen LogP contribution in [0.4, 0.5) is 0 Å². The first-order valence-corrected chi connectivity index (χ1v) is 3.12. The molecule has 60 valence electrons. The van der Waals surface area contributed by atoms with Gasteiger partial charge in [0.25, 0.3) is 0 Å². The standard InChI is InChI=1S/C7H8O4/c8-5-2-1-4(7(10)11)3-6(5)9/h1-2,6,8-9H,3H2,(H,10,11)/t6-/m1/s1. The van der Waals surface area contributed by atoms with E-state index in [-0.39, 0.29) is 17.8 Å². The zero-order chi connectivity index (χ0) is 8.43. The molecule has 0 bridgehead atoms. The van der Waals surface area contributed by atoms with E-state index in [1.165, 1.54) is 12.2 Å². The highest BCUT2D eigenvalue weighted by molar-refractivity contribution is 5.87. The molecule has 0 spiro atoms. The second-order valence-corrected chi connectivity index (χ2v) is 2.31. The Hall–Kier alpha value is -1.29. The number of carboxylic acid groups (broad SMARTS) is 1. The molecule has 0 fully saturated rings. The fourth-order valence-corrected chi connectivity index (χ4v) is 0.837. The second kappa shape index (κ2) is 2.75. The number of rotatable bonds is 1. The molecule has 4 heteroatoms. The lowest BCUT2D eigenvalue weighted by Crippen LogP contribution is -2.17. The summed E-state index contributed by atoms with van der Waals surface area (Å²) < 4.78 is 0. The Morgan fingerprint density at radius 3 is 2.64 bits per heavy atom. The molecule has 0 aromatic carbocycles. The van der Waals surface area contributed by atoms with E-state index in [9.17, 15) is 4.79 Å². The van der Waals surface area contributed by atoms with Crippen LogP contribution in [0.2, 0.25) is 0 Å². The van der Waals surface area contributed by atoms with Crippen molar-refractivity contribution in [2.24, 2.45) is 0 Å². The van der Waals surface area contributed by atoms with Crippen LogP contribution in [0.5, 0.6) is 0 Å². The third-order valence-corrected chi connectivity index (χ3v) is 1.48. The molecule has 0 saturated heterocycles. The van der Waals surface area contributed by atoms with Gasteiger partial charge >= 0.3 is 5.97 Å².